The van der Waals surface area contributed by atoms with E-state index < -0.39 is 0 Å². The molecule has 1 aliphatic heterocycles. The van der Waals surface area contributed by atoms with E-state index in [9.17, 15) is 4.79 Å². The van der Waals surface area contributed by atoms with Crippen molar-refractivity contribution in [2.45, 2.75) is 0 Å². The van der Waals surface area contributed by atoms with Gasteiger partial charge < -0.3 is 19.7 Å². The molecule has 0 atom stereocenters. The Bertz CT molecular complexity index is 1010. The van der Waals surface area contributed by atoms with Crippen LogP contribution in [-0.2, 0) is 0 Å². The van der Waals surface area contributed by atoms with Crippen LogP contribution in [0.25, 0.3) is 10.9 Å². The molecule has 26 heavy (non-hydrogen) atoms. The molecule has 1 amide bonds. The Morgan fingerprint density at radius 3 is 2.50 bits per heavy atom. The molecule has 0 fully saturated rings. The summed E-state index contributed by atoms with van der Waals surface area (Å²) in [7, 11) is 3.43. The molecule has 3 aromatic rings. The van der Waals surface area contributed by atoms with Gasteiger partial charge in [-0.1, -0.05) is 0 Å². The molecular formula is C18H15ClN4O3. The predicted octanol–water partition coefficient (Wildman–Crippen LogP) is 3.46. The molecular weight excluding hydrogens is 356 g/mol. The lowest BCUT2D eigenvalue weighted by molar-refractivity contribution is 0.0827. The van der Waals surface area contributed by atoms with E-state index in [-0.39, 0.29) is 18.0 Å². The van der Waals surface area contributed by atoms with Crippen molar-refractivity contribution in [3.63, 3.8) is 0 Å². The Morgan fingerprint density at radius 1 is 1.12 bits per heavy atom. The number of nitrogens with zero attached hydrogens (tertiary/aromatic N) is 3. The number of hydrogen-bond acceptors (Lipinski definition) is 6. The van der Waals surface area contributed by atoms with E-state index in [1.54, 1.807) is 32.3 Å². The van der Waals surface area contributed by atoms with Gasteiger partial charge >= 0.3 is 0 Å². The molecule has 0 unspecified atom stereocenters. The van der Waals surface area contributed by atoms with Gasteiger partial charge in [0.15, 0.2) is 11.5 Å². The van der Waals surface area contributed by atoms with Gasteiger partial charge in [0, 0.05) is 36.8 Å². The van der Waals surface area contributed by atoms with Gasteiger partial charge in [0.1, 0.15) is 5.82 Å². The van der Waals surface area contributed by atoms with E-state index in [1.807, 2.05) is 18.2 Å². The van der Waals surface area contributed by atoms with Gasteiger partial charge in [-0.05, 0) is 41.9 Å². The third-order valence-corrected chi connectivity index (χ3v) is 4.13. The molecule has 1 aliphatic rings. The van der Waals surface area contributed by atoms with Crippen molar-refractivity contribution in [2.75, 3.05) is 26.2 Å². The number of rotatable bonds is 3. The highest BCUT2D eigenvalue weighted by atomic mass is 35.5. The maximum Gasteiger partial charge on any atom is 0.253 e. The third-order valence-electron chi connectivity index (χ3n) is 3.96. The molecule has 0 bridgehead atoms. The Labute approximate surface area is 154 Å². The molecule has 0 aliphatic carbocycles. The van der Waals surface area contributed by atoms with Crippen LogP contribution in [0.2, 0.25) is 5.28 Å². The fraction of sp³-hybridized carbons (Fsp3) is 0.167. The first-order valence-corrected chi connectivity index (χ1v) is 8.25. The Morgan fingerprint density at radius 2 is 1.81 bits per heavy atom. The molecule has 0 spiro atoms. The summed E-state index contributed by atoms with van der Waals surface area (Å²) in [6, 6.07) is 10.7. The molecule has 0 saturated heterocycles. The molecule has 2 heterocycles. The van der Waals surface area contributed by atoms with Crippen LogP contribution in [0.1, 0.15) is 10.4 Å². The number of fused-ring (bicyclic) bond motifs is 2. The molecule has 4 rings (SSSR count). The first kappa shape index (κ1) is 16.4. The summed E-state index contributed by atoms with van der Waals surface area (Å²) in [6.07, 6.45) is 0. The minimum atomic E-state index is -0.0557. The fourth-order valence-corrected chi connectivity index (χ4v) is 2.85. The van der Waals surface area contributed by atoms with Gasteiger partial charge in [0.25, 0.3) is 5.91 Å². The van der Waals surface area contributed by atoms with Gasteiger partial charge in [-0.2, -0.15) is 4.98 Å². The molecule has 8 heteroatoms. The SMILES string of the molecule is CN(C)C(=O)c1ccc(Nc2nc(Cl)nc3cc4c(cc23)OCO4)cc1. The number of nitrogens with one attached hydrogen (secondary N) is 1. The average molecular weight is 371 g/mol. The number of carbonyl (C=O) groups excluding carboxylic acids is 1. The number of amides is 1. The van der Waals surface area contributed by atoms with Gasteiger partial charge in [0.05, 0.1) is 5.52 Å². The number of benzene rings is 2. The smallest absolute Gasteiger partial charge is 0.253 e. The van der Waals surface area contributed by atoms with Crippen molar-refractivity contribution in [3.05, 3.63) is 47.2 Å². The number of ether oxygens (including phenoxy) is 2. The zero-order valence-electron chi connectivity index (χ0n) is 14.1. The van der Waals surface area contributed by atoms with E-state index in [4.69, 9.17) is 21.1 Å². The first-order valence-electron chi connectivity index (χ1n) is 7.87. The van der Waals surface area contributed by atoms with Crippen molar-refractivity contribution in [3.8, 4) is 11.5 Å². The zero-order valence-corrected chi connectivity index (χ0v) is 14.9. The number of carbonyl (C=O) groups is 1. The van der Waals surface area contributed by atoms with Crippen LogP contribution < -0.4 is 14.8 Å². The second kappa shape index (κ2) is 6.34. The van der Waals surface area contributed by atoms with Crippen LogP contribution in [-0.4, -0.2) is 41.7 Å². The summed E-state index contributed by atoms with van der Waals surface area (Å²) in [6.45, 7) is 0.178. The molecule has 1 aromatic heterocycles. The topological polar surface area (TPSA) is 76.6 Å². The van der Waals surface area contributed by atoms with E-state index in [0.717, 1.165) is 11.1 Å². The lowest BCUT2D eigenvalue weighted by atomic mass is 10.1. The van der Waals surface area contributed by atoms with Crippen LogP contribution >= 0.6 is 11.6 Å². The maximum atomic E-state index is 12.0. The van der Waals surface area contributed by atoms with E-state index in [2.05, 4.69) is 15.3 Å². The second-order valence-corrected chi connectivity index (χ2v) is 6.30. The lowest BCUT2D eigenvalue weighted by Crippen LogP contribution is -2.21. The van der Waals surface area contributed by atoms with Crippen molar-refractivity contribution in [1.29, 1.82) is 0 Å². The summed E-state index contributed by atoms with van der Waals surface area (Å²) in [5.74, 6) is 1.76. The zero-order chi connectivity index (χ0) is 18.3. The molecule has 7 nitrogen and oxygen atoms in total. The van der Waals surface area contributed by atoms with E-state index in [1.165, 1.54) is 4.90 Å². The summed E-state index contributed by atoms with van der Waals surface area (Å²) >= 11 is 6.06. The molecule has 2 aromatic carbocycles. The van der Waals surface area contributed by atoms with Crippen LogP contribution in [0.3, 0.4) is 0 Å². The van der Waals surface area contributed by atoms with Crippen molar-refractivity contribution >= 4 is 39.9 Å². The van der Waals surface area contributed by atoms with Crippen molar-refractivity contribution in [2.24, 2.45) is 0 Å². The average Bonchev–Trinajstić information content (AvgIpc) is 3.07. The van der Waals surface area contributed by atoms with Gasteiger partial charge in [-0.25, -0.2) is 4.98 Å². The predicted molar refractivity (Wildman–Crippen MR) is 98.4 cm³/mol. The standard InChI is InChI=1S/C18H15ClN4O3/c1-23(2)17(24)10-3-5-11(6-4-10)20-16-12-7-14-15(26-9-25-14)8-13(12)21-18(19)22-16/h3-8H,9H2,1-2H3,(H,20,21,22). The summed E-state index contributed by atoms with van der Waals surface area (Å²) in [4.78, 5) is 22.0. The minimum absolute atomic E-state index is 0.0557. The van der Waals surface area contributed by atoms with E-state index >= 15 is 0 Å². The minimum Gasteiger partial charge on any atom is -0.454 e. The van der Waals surface area contributed by atoms with Crippen molar-refractivity contribution < 1.29 is 14.3 Å². The highest BCUT2D eigenvalue weighted by molar-refractivity contribution is 6.28. The van der Waals surface area contributed by atoms with Gasteiger partial charge in [-0.15, -0.1) is 0 Å². The summed E-state index contributed by atoms with van der Waals surface area (Å²) in [5, 5.41) is 4.10. The van der Waals surface area contributed by atoms with Gasteiger partial charge in [-0.3, -0.25) is 4.79 Å². The maximum absolute atomic E-state index is 12.0. The van der Waals surface area contributed by atoms with Crippen molar-refractivity contribution in [1.82, 2.24) is 14.9 Å². The monoisotopic (exact) mass is 370 g/mol. The Hall–Kier alpha value is -3.06. The van der Waals surface area contributed by atoms with Crippen LogP contribution in [0.15, 0.2) is 36.4 Å². The Kier molecular flexibility index (Phi) is 4.00. The number of halogens is 1. The first-order chi connectivity index (χ1) is 12.5. The van der Waals surface area contributed by atoms with E-state index in [0.29, 0.717) is 28.4 Å². The van der Waals surface area contributed by atoms with Crippen LogP contribution in [0.4, 0.5) is 11.5 Å². The lowest BCUT2D eigenvalue weighted by Gasteiger charge is -2.12. The quantitative estimate of drug-likeness (QED) is 0.711. The second-order valence-electron chi connectivity index (χ2n) is 5.97. The Balaban J connectivity index is 1.70. The molecule has 0 saturated carbocycles. The summed E-state index contributed by atoms with van der Waals surface area (Å²) in [5.41, 5.74) is 2.03. The van der Waals surface area contributed by atoms with Gasteiger partial charge in [0.2, 0.25) is 12.1 Å². The highest BCUT2D eigenvalue weighted by Gasteiger charge is 2.18. The van der Waals surface area contributed by atoms with Crippen LogP contribution in [0.5, 0.6) is 11.5 Å². The highest BCUT2D eigenvalue weighted by Crippen LogP contribution is 2.38. The normalized spacial score (nSPS) is 12.3. The number of hydrogen-bond donors (Lipinski definition) is 1. The third kappa shape index (κ3) is 2.97. The largest absolute Gasteiger partial charge is 0.454 e. The van der Waals surface area contributed by atoms with Crippen LogP contribution in [0, 0.1) is 0 Å². The molecule has 0 radical (unpaired) electrons. The fourth-order valence-electron chi connectivity index (χ4n) is 2.68. The number of anilines is 2. The summed E-state index contributed by atoms with van der Waals surface area (Å²) < 4.78 is 10.8. The number of aromatic nitrogens is 2. The molecule has 1 N–H and O–H groups in total. The molecule has 132 valence electrons.